The molecule has 7 heteroatoms. The molecule has 1 amide bonds. The topological polar surface area (TPSA) is 55.4 Å². The minimum Gasteiger partial charge on any atom is -0.463 e. The summed E-state index contributed by atoms with van der Waals surface area (Å²) in [6.45, 7) is 2.04. The first-order valence-electron chi connectivity index (χ1n) is 9.21. The number of ether oxygens (including phenoxy) is 1. The van der Waals surface area contributed by atoms with Gasteiger partial charge in [-0.3, -0.25) is 4.79 Å². The van der Waals surface area contributed by atoms with E-state index in [-0.39, 0.29) is 17.7 Å². The molecule has 1 aliphatic rings. The Kier molecular flexibility index (Phi) is 6.06. The van der Waals surface area contributed by atoms with Gasteiger partial charge < -0.3 is 10.1 Å². The van der Waals surface area contributed by atoms with Crippen molar-refractivity contribution in [2.75, 3.05) is 11.9 Å². The van der Waals surface area contributed by atoms with Crippen LogP contribution >= 0.6 is 0 Å². The molecule has 4 nitrogen and oxygen atoms in total. The molecule has 0 bridgehead atoms. The molecule has 2 atom stereocenters. The summed E-state index contributed by atoms with van der Waals surface area (Å²) in [7, 11) is 0. The van der Waals surface area contributed by atoms with E-state index < -0.39 is 17.7 Å². The highest BCUT2D eigenvalue weighted by molar-refractivity contribution is 5.95. The van der Waals surface area contributed by atoms with Gasteiger partial charge in [0.25, 0.3) is 0 Å². The number of carbonyl (C=O) groups is 2. The van der Waals surface area contributed by atoms with Crippen molar-refractivity contribution in [1.29, 1.82) is 0 Å². The second-order valence-corrected chi connectivity index (χ2v) is 6.77. The van der Waals surface area contributed by atoms with Crippen LogP contribution in [0.1, 0.15) is 36.0 Å². The largest absolute Gasteiger partial charge is 0.463 e. The molecule has 1 saturated carbocycles. The molecule has 29 heavy (non-hydrogen) atoms. The average molecular weight is 403 g/mol. The third-order valence-corrected chi connectivity index (χ3v) is 4.67. The van der Waals surface area contributed by atoms with E-state index in [0.717, 1.165) is 23.3 Å². The van der Waals surface area contributed by atoms with Crippen LogP contribution in [-0.4, -0.2) is 18.5 Å². The molecule has 0 spiro atoms. The van der Waals surface area contributed by atoms with E-state index in [1.54, 1.807) is 37.3 Å². The number of hydrogen-bond acceptors (Lipinski definition) is 3. The van der Waals surface area contributed by atoms with Crippen molar-refractivity contribution in [3.05, 3.63) is 71.3 Å². The maximum Gasteiger partial charge on any atom is 0.416 e. The highest BCUT2D eigenvalue weighted by Gasteiger charge is 2.44. The SMILES string of the molecule is CCOC(=O)/C=C/c1ccc(NC(=O)C2CC2c2ccc(C(F)(F)F)cc2)cc1. The highest BCUT2D eigenvalue weighted by atomic mass is 19.4. The first-order valence-corrected chi connectivity index (χ1v) is 9.21. The summed E-state index contributed by atoms with van der Waals surface area (Å²) in [6.07, 6.45) is -0.810. The lowest BCUT2D eigenvalue weighted by Crippen LogP contribution is -2.14. The van der Waals surface area contributed by atoms with E-state index in [1.807, 2.05) is 0 Å². The van der Waals surface area contributed by atoms with Gasteiger partial charge in [-0.1, -0.05) is 24.3 Å². The summed E-state index contributed by atoms with van der Waals surface area (Å²) in [4.78, 5) is 23.7. The van der Waals surface area contributed by atoms with Crippen molar-refractivity contribution >= 4 is 23.6 Å². The summed E-state index contributed by atoms with van der Waals surface area (Å²) in [5, 5.41) is 2.82. The molecule has 152 valence electrons. The van der Waals surface area contributed by atoms with E-state index in [0.29, 0.717) is 18.7 Å². The third kappa shape index (κ3) is 5.47. The Balaban J connectivity index is 1.54. The number of amides is 1. The van der Waals surface area contributed by atoms with Crippen LogP contribution in [0.5, 0.6) is 0 Å². The number of esters is 1. The highest BCUT2D eigenvalue weighted by Crippen LogP contribution is 2.48. The van der Waals surface area contributed by atoms with Crippen molar-refractivity contribution < 1.29 is 27.5 Å². The van der Waals surface area contributed by atoms with Crippen LogP contribution in [0.15, 0.2) is 54.6 Å². The second kappa shape index (κ2) is 8.51. The van der Waals surface area contributed by atoms with Gasteiger partial charge in [-0.2, -0.15) is 13.2 Å². The molecule has 1 N–H and O–H groups in total. The van der Waals surface area contributed by atoms with Crippen LogP contribution in [0.3, 0.4) is 0 Å². The molecule has 0 saturated heterocycles. The summed E-state index contributed by atoms with van der Waals surface area (Å²) in [5.74, 6) is -0.906. The van der Waals surface area contributed by atoms with Gasteiger partial charge >= 0.3 is 12.1 Å². The Morgan fingerprint density at radius 3 is 2.34 bits per heavy atom. The quantitative estimate of drug-likeness (QED) is 0.544. The number of carbonyl (C=O) groups excluding carboxylic acids is 2. The predicted octanol–water partition coefficient (Wildman–Crippen LogP) is 5.02. The van der Waals surface area contributed by atoms with E-state index in [2.05, 4.69) is 5.32 Å². The zero-order valence-corrected chi connectivity index (χ0v) is 15.7. The van der Waals surface area contributed by atoms with E-state index in [4.69, 9.17) is 4.74 Å². The smallest absolute Gasteiger partial charge is 0.416 e. The summed E-state index contributed by atoms with van der Waals surface area (Å²) in [5.41, 5.74) is 1.43. The molecule has 0 aromatic heterocycles. The molecule has 3 rings (SSSR count). The minimum atomic E-state index is -4.36. The van der Waals surface area contributed by atoms with Gasteiger partial charge in [0.2, 0.25) is 5.91 Å². The lowest BCUT2D eigenvalue weighted by molar-refractivity contribution is -0.138. The van der Waals surface area contributed by atoms with E-state index in [9.17, 15) is 22.8 Å². The van der Waals surface area contributed by atoms with Crippen LogP contribution in [-0.2, 0) is 20.5 Å². The van der Waals surface area contributed by atoms with Gasteiger partial charge in [0.15, 0.2) is 0 Å². The van der Waals surface area contributed by atoms with Crippen LogP contribution in [0.25, 0.3) is 6.08 Å². The number of alkyl halides is 3. The van der Waals surface area contributed by atoms with Gasteiger partial charge in [0.05, 0.1) is 12.2 Å². The third-order valence-electron chi connectivity index (χ3n) is 4.67. The summed E-state index contributed by atoms with van der Waals surface area (Å²) in [6, 6.07) is 11.9. The number of anilines is 1. The molecular formula is C22H20F3NO3. The van der Waals surface area contributed by atoms with Crippen LogP contribution < -0.4 is 5.32 Å². The Bertz CT molecular complexity index is 902. The van der Waals surface area contributed by atoms with Gasteiger partial charge in [0.1, 0.15) is 0 Å². The zero-order chi connectivity index (χ0) is 21.0. The van der Waals surface area contributed by atoms with Gasteiger partial charge in [-0.15, -0.1) is 0 Å². The Hall–Kier alpha value is -3.09. The standard InChI is InChI=1S/C22H20F3NO3/c1-2-29-20(27)12-5-14-3-10-17(11-4-14)26-21(28)19-13-18(19)15-6-8-16(9-7-15)22(23,24)25/h3-12,18-19H,2,13H2,1H3,(H,26,28)/b12-5+. The fraction of sp³-hybridized carbons (Fsp3) is 0.273. The maximum atomic E-state index is 12.6. The van der Waals surface area contributed by atoms with Crippen LogP contribution in [0, 0.1) is 5.92 Å². The van der Waals surface area contributed by atoms with Crippen LogP contribution in [0.2, 0.25) is 0 Å². The molecule has 0 heterocycles. The van der Waals surface area contributed by atoms with Crippen molar-refractivity contribution in [2.24, 2.45) is 5.92 Å². The number of benzene rings is 2. The minimum absolute atomic E-state index is 0.0657. The Labute approximate surface area is 166 Å². The fourth-order valence-electron chi connectivity index (χ4n) is 3.04. The van der Waals surface area contributed by atoms with Gasteiger partial charge in [-0.25, -0.2) is 4.79 Å². The first kappa shape index (κ1) is 20.6. The molecule has 2 aromatic carbocycles. The lowest BCUT2D eigenvalue weighted by Gasteiger charge is -2.08. The van der Waals surface area contributed by atoms with Crippen LogP contribution in [0.4, 0.5) is 18.9 Å². The van der Waals surface area contributed by atoms with Crippen molar-refractivity contribution in [3.8, 4) is 0 Å². The molecule has 2 aromatic rings. The molecule has 0 aliphatic heterocycles. The molecule has 2 unspecified atom stereocenters. The Morgan fingerprint density at radius 2 is 1.76 bits per heavy atom. The maximum absolute atomic E-state index is 12.6. The second-order valence-electron chi connectivity index (χ2n) is 6.77. The lowest BCUT2D eigenvalue weighted by atomic mass is 10.1. The summed E-state index contributed by atoms with van der Waals surface area (Å²) < 4.78 is 42.7. The molecule has 0 radical (unpaired) electrons. The number of rotatable bonds is 6. The van der Waals surface area contributed by atoms with Gasteiger partial charge in [0, 0.05) is 17.7 Å². The van der Waals surface area contributed by atoms with E-state index >= 15 is 0 Å². The Morgan fingerprint density at radius 1 is 1.10 bits per heavy atom. The predicted molar refractivity (Wildman–Crippen MR) is 103 cm³/mol. The molecule has 1 aliphatic carbocycles. The normalized spacial score (nSPS) is 18.5. The first-order chi connectivity index (χ1) is 13.8. The van der Waals surface area contributed by atoms with E-state index in [1.165, 1.54) is 18.2 Å². The molecular weight excluding hydrogens is 383 g/mol. The average Bonchev–Trinajstić information content (AvgIpc) is 3.48. The number of nitrogens with one attached hydrogen (secondary N) is 1. The van der Waals surface area contributed by atoms with Crippen molar-refractivity contribution in [2.45, 2.75) is 25.4 Å². The zero-order valence-electron chi connectivity index (χ0n) is 15.7. The molecule has 1 fully saturated rings. The van der Waals surface area contributed by atoms with Gasteiger partial charge in [-0.05, 0) is 60.7 Å². The van der Waals surface area contributed by atoms with Crippen molar-refractivity contribution in [1.82, 2.24) is 0 Å². The number of hydrogen-bond donors (Lipinski definition) is 1. The number of halogens is 3. The fourth-order valence-corrected chi connectivity index (χ4v) is 3.04. The van der Waals surface area contributed by atoms with Crippen molar-refractivity contribution in [3.63, 3.8) is 0 Å². The summed E-state index contributed by atoms with van der Waals surface area (Å²) >= 11 is 0. The monoisotopic (exact) mass is 403 g/mol.